The maximum Gasteiger partial charge on any atom is 0.492 e. The van der Waals surface area contributed by atoms with Crippen LogP contribution < -0.4 is 5.46 Å². The van der Waals surface area contributed by atoms with Gasteiger partial charge < -0.3 is 9.68 Å². The SMILES string of the molecule is CC1(C)OB(O)c2cc(CC(=O)c3c(F)ccc(F)c3Cl)ccc21. The lowest BCUT2D eigenvalue weighted by Gasteiger charge is -2.19. The molecule has 0 saturated heterocycles. The van der Waals surface area contributed by atoms with Crippen molar-refractivity contribution in [2.24, 2.45) is 0 Å². The van der Waals surface area contributed by atoms with Crippen LogP contribution in [-0.4, -0.2) is 17.9 Å². The van der Waals surface area contributed by atoms with Gasteiger partial charge in [0.25, 0.3) is 0 Å². The van der Waals surface area contributed by atoms with Gasteiger partial charge >= 0.3 is 7.12 Å². The van der Waals surface area contributed by atoms with Gasteiger partial charge in [0.15, 0.2) is 5.78 Å². The summed E-state index contributed by atoms with van der Waals surface area (Å²) in [6, 6.07) is 6.84. The van der Waals surface area contributed by atoms with Crippen molar-refractivity contribution in [3.05, 3.63) is 63.7 Å². The first-order valence-electron chi connectivity index (χ1n) is 7.36. The van der Waals surface area contributed by atoms with E-state index in [0.717, 1.165) is 17.7 Å². The van der Waals surface area contributed by atoms with Crippen LogP contribution in [-0.2, 0) is 16.7 Å². The second kappa shape index (κ2) is 5.95. The average Bonchev–Trinajstić information content (AvgIpc) is 2.73. The third kappa shape index (κ3) is 2.86. The Morgan fingerprint density at radius 2 is 1.92 bits per heavy atom. The van der Waals surface area contributed by atoms with E-state index < -0.39 is 40.7 Å². The average molecular weight is 351 g/mol. The number of carbonyl (C=O) groups excluding carboxylic acids is 1. The fraction of sp³-hybridized carbons (Fsp3) is 0.235. The summed E-state index contributed by atoms with van der Waals surface area (Å²) < 4.78 is 32.8. The summed E-state index contributed by atoms with van der Waals surface area (Å²) >= 11 is 5.72. The van der Waals surface area contributed by atoms with Gasteiger partial charge in [-0.15, -0.1) is 0 Å². The largest absolute Gasteiger partial charge is 0.492 e. The number of fused-ring (bicyclic) bond motifs is 1. The van der Waals surface area contributed by atoms with Crippen LogP contribution in [0.3, 0.4) is 0 Å². The van der Waals surface area contributed by atoms with E-state index in [-0.39, 0.29) is 6.42 Å². The van der Waals surface area contributed by atoms with Gasteiger partial charge in [-0.25, -0.2) is 8.78 Å². The van der Waals surface area contributed by atoms with Gasteiger partial charge in [0.05, 0.1) is 16.2 Å². The molecular formula is C17H14BClF2O3. The summed E-state index contributed by atoms with van der Waals surface area (Å²) in [5.41, 5.74) is 0.848. The molecule has 0 amide bonds. The molecule has 0 atom stereocenters. The van der Waals surface area contributed by atoms with E-state index in [2.05, 4.69) is 0 Å². The highest BCUT2D eigenvalue weighted by Crippen LogP contribution is 2.30. The predicted octanol–water partition coefficient (Wildman–Crippen LogP) is 3.00. The van der Waals surface area contributed by atoms with E-state index in [1.165, 1.54) is 0 Å². The van der Waals surface area contributed by atoms with Crippen LogP contribution in [0, 0.1) is 11.6 Å². The molecule has 1 heterocycles. The maximum atomic E-state index is 13.8. The number of Topliss-reactive ketones (excluding diaryl/α,β-unsaturated/α-hetero) is 1. The van der Waals surface area contributed by atoms with E-state index >= 15 is 0 Å². The second-order valence-corrected chi connectivity index (χ2v) is 6.60. The Labute approximate surface area is 143 Å². The monoisotopic (exact) mass is 350 g/mol. The summed E-state index contributed by atoms with van der Waals surface area (Å²) in [4.78, 5) is 12.3. The first-order chi connectivity index (χ1) is 11.2. The zero-order chi connectivity index (χ0) is 17.6. The molecule has 2 aromatic rings. The van der Waals surface area contributed by atoms with Crippen LogP contribution in [0.2, 0.25) is 5.02 Å². The van der Waals surface area contributed by atoms with Gasteiger partial charge in [0.2, 0.25) is 0 Å². The lowest BCUT2D eigenvalue weighted by atomic mass is 9.77. The molecule has 1 aliphatic heterocycles. The van der Waals surface area contributed by atoms with E-state index in [9.17, 15) is 18.6 Å². The number of hydrogen-bond acceptors (Lipinski definition) is 3. The highest BCUT2D eigenvalue weighted by atomic mass is 35.5. The van der Waals surface area contributed by atoms with E-state index in [4.69, 9.17) is 16.3 Å². The molecule has 24 heavy (non-hydrogen) atoms. The number of benzene rings is 2. The highest BCUT2D eigenvalue weighted by Gasteiger charge is 2.40. The Morgan fingerprint density at radius 3 is 2.62 bits per heavy atom. The molecule has 1 N–H and O–H groups in total. The molecule has 3 rings (SSSR count). The lowest BCUT2D eigenvalue weighted by molar-refractivity contribution is 0.0987. The summed E-state index contributed by atoms with van der Waals surface area (Å²) in [6.07, 6.45) is -0.166. The third-order valence-electron chi connectivity index (χ3n) is 4.12. The van der Waals surface area contributed by atoms with Crippen LogP contribution in [0.1, 0.15) is 35.3 Å². The normalized spacial score (nSPS) is 15.5. The topological polar surface area (TPSA) is 46.5 Å². The minimum Gasteiger partial charge on any atom is -0.423 e. The number of carbonyl (C=O) groups is 1. The van der Waals surface area contributed by atoms with Crippen LogP contribution in [0.15, 0.2) is 30.3 Å². The molecule has 3 nitrogen and oxygen atoms in total. The van der Waals surface area contributed by atoms with Gasteiger partial charge in [0, 0.05) is 6.42 Å². The zero-order valence-corrected chi connectivity index (χ0v) is 13.8. The van der Waals surface area contributed by atoms with Crippen molar-refractivity contribution in [1.82, 2.24) is 0 Å². The second-order valence-electron chi connectivity index (χ2n) is 6.22. The molecular weight excluding hydrogens is 336 g/mol. The minimum absolute atomic E-state index is 0.166. The van der Waals surface area contributed by atoms with Gasteiger partial charge in [-0.1, -0.05) is 29.8 Å². The minimum atomic E-state index is -1.08. The molecule has 2 aromatic carbocycles. The van der Waals surface area contributed by atoms with Gasteiger partial charge in [-0.05, 0) is 42.6 Å². The van der Waals surface area contributed by atoms with Crippen molar-refractivity contribution in [1.29, 1.82) is 0 Å². The number of ketones is 1. The Bertz CT molecular complexity index is 839. The molecule has 0 unspecified atom stereocenters. The first kappa shape index (κ1) is 17.1. The van der Waals surface area contributed by atoms with E-state index in [1.54, 1.807) is 18.2 Å². The van der Waals surface area contributed by atoms with Gasteiger partial charge in [0.1, 0.15) is 11.6 Å². The molecule has 7 heteroatoms. The third-order valence-corrected chi connectivity index (χ3v) is 4.49. The molecule has 0 bridgehead atoms. The molecule has 0 radical (unpaired) electrons. The Morgan fingerprint density at radius 1 is 1.25 bits per heavy atom. The van der Waals surface area contributed by atoms with Crippen molar-refractivity contribution in [3.8, 4) is 0 Å². The predicted molar refractivity (Wildman–Crippen MR) is 87.6 cm³/mol. The Hall–Kier alpha value is -1.76. The summed E-state index contributed by atoms with van der Waals surface area (Å²) in [5.74, 6) is -2.34. The Balaban J connectivity index is 1.92. The van der Waals surface area contributed by atoms with Crippen molar-refractivity contribution in [2.45, 2.75) is 25.9 Å². The molecule has 124 valence electrons. The fourth-order valence-electron chi connectivity index (χ4n) is 2.94. The van der Waals surface area contributed by atoms with Crippen LogP contribution in [0.4, 0.5) is 8.78 Å². The van der Waals surface area contributed by atoms with Crippen molar-refractivity contribution in [3.63, 3.8) is 0 Å². The van der Waals surface area contributed by atoms with Crippen LogP contribution in [0.5, 0.6) is 0 Å². The molecule has 0 saturated carbocycles. The molecule has 0 spiro atoms. The van der Waals surface area contributed by atoms with Crippen molar-refractivity contribution >= 4 is 30.0 Å². The maximum absolute atomic E-state index is 13.8. The van der Waals surface area contributed by atoms with E-state index in [1.807, 2.05) is 13.8 Å². The number of halogens is 3. The first-order valence-corrected chi connectivity index (χ1v) is 7.74. The Kier molecular flexibility index (Phi) is 4.24. The van der Waals surface area contributed by atoms with Crippen LogP contribution in [0.25, 0.3) is 0 Å². The molecule has 0 aromatic heterocycles. The van der Waals surface area contributed by atoms with Gasteiger partial charge in [-0.3, -0.25) is 4.79 Å². The fourth-order valence-corrected chi connectivity index (χ4v) is 3.20. The quantitative estimate of drug-likeness (QED) is 0.526. The number of rotatable bonds is 3. The standard InChI is InChI=1S/C17H14BClF2O3/c1-17(2)10-4-3-9(7-11(10)18(23)24-17)8-14(22)15-12(20)5-6-13(21)16(15)19/h3-7,23H,8H2,1-2H3. The summed E-state index contributed by atoms with van der Waals surface area (Å²) in [7, 11) is -1.08. The zero-order valence-electron chi connectivity index (χ0n) is 13.1. The molecule has 0 aliphatic carbocycles. The highest BCUT2D eigenvalue weighted by molar-refractivity contribution is 6.62. The van der Waals surface area contributed by atoms with Crippen molar-refractivity contribution in [2.75, 3.05) is 0 Å². The molecule has 1 aliphatic rings. The summed E-state index contributed by atoms with van der Waals surface area (Å²) in [5, 5.41) is 9.46. The number of hydrogen-bond donors (Lipinski definition) is 1. The van der Waals surface area contributed by atoms with Gasteiger partial charge in [-0.2, -0.15) is 0 Å². The van der Waals surface area contributed by atoms with Crippen molar-refractivity contribution < 1.29 is 23.3 Å². The van der Waals surface area contributed by atoms with E-state index in [0.29, 0.717) is 11.0 Å². The summed E-state index contributed by atoms with van der Waals surface area (Å²) in [6.45, 7) is 3.66. The molecule has 0 fully saturated rings. The van der Waals surface area contributed by atoms with Crippen LogP contribution >= 0.6 is 11.6 Å². The smallest absolute Gasteiger partial charge is 0.423 e. The lowest BCUT2D eigenvalue weighted by Crippen LogP contribution is -2.29.